The van der Waals surface area contributed by atoms with E-state index in [1.54, 1.807) is 24.0 Å². The lowest BCUT2D eigenvalue weighted by molar-refractivity contribution is -0.144. The van der Waals surface area contributed by atoms with Gasteiger partial charge < -0.3 is 9.64 Å². The number of aryl methyl sites for hydroxylation is 2. The quantitative estimate of drug-likeness (QED) is 0.733. The molecule has 158 valence electrons. The zero-order valence-electron chi connectivity index (χ0n) is 18.0. The van der Waals surface area contributed by atoms with Crippen molar-refractivity contribution in [3.63, 3.8) is 0 Å². The van der Waals surface area contributed by atoms with Crippen LogP contribution in [0.3, 0.4) is 0 Å². The van der Waals surface area contributed by atoms with Crippen LogP contribution in [-0.4, -0.2) is 30.1 Å². The van der Waals surface area contributed by atoms with Crippen molar-refractivity contribution < 1.29 is 18.7 Å². The topological polar surface area (TPSA) is 58.6 Å². The Hall–Kier alpha value is -2.99. The van der Waals surface area contributed by atoms with Crippen molar-refractivity contribution >= 4 is 11.9 Å². The molecule has 0 radical (unpaired) electrons. The van der Waals surface area contributed by atoms with Gasteiger partial charge in [0.1, 0.15) is 18.0 Å². The maximum absolute atomic E-state index is 13.3. The van der Waals surface area contributed by atoms with Crippen molar-refractivity contribution in [2.75, 3.05) is 7.11 Å². The second kappa shape index (κ2) is 8.79. The molecule has 1 amide bonds. The van der Waals surface area contributed by atoms with E-state index in [2.05, 4.69) is 5.32 Å². The highest BCUT2D eigenvalue weighted by Crippen LogP contribution is 2.29. The highest BCUT2D eigenvalue weighted by Gasteiger charge is 2.38. The van der Waals surface area contributed by atoms with Crippen LogP contribution in [-0.2, 0) is 20.9 Å². The molecule has 30 heavy (non-hydrogen) atoms. The van der Waals surface area contributed by atoms with E-state index in [0.717, 1.165) is 27.8 Å². The fourth-order valence-electron chi connectivity index (χ4n) is 3.81. The largest absolute Gasteiger partial charge is 0.468 e. The Labute approximate surface area is 176 Å². The van der Waals surface area contributed by atoms with Gasteiger partial charge >= 0.3 is 5.97 Å². The predicted octanol–water partition coefficient (Wildman–Crippen LogP) is 3.95. The first-order chi connectivity index (χ1) is 14.2. The summed E-state index contributed by atoms with van der Waals surface area (Å²) >= 11 is 0. The number of carbonyl (C=O) groups excluding carboxylic acids is 2. The van der Waals surface area contributed by atoms with Crippen molar-refractivity contribution in [1.82, 2.24) is 10.2 Å². The molecule has 1 aliphatic rings. The van der Waals surface area contributed by atoms with Gasteiger partial charge in [-0.3, -0.25) is 10.1 Å². The van der Waals surface area contributed by atoms with Gasteiger partial charge in [0.15, 0.2) is 0 Å². The Morgan fingerprint density at radius 3 is 2.40 bits per heavy atom. The number of halogens is 1. The van der Waals surface area contributed by atoms with E-state index in [4.69, 9.17) is 4.74 Å². The molecule has 0 bridgehead atoms. The van der Waals surface area contributed by atoms with E-state index >= 15 is 0 Å². The highest BCUT2D eigenvalue weighted by atomic mass is 19.1. The second-order valence-corrected chi connectivity index (χ2v) is 7.75. The van der Waals surface area contributed by atoms with E-state index in [9.17, 15) is 14.0 Å². The summed E-state index contributed by atoms with van der Waals surface area (Å²) in [6.07, 6.45) is -0.479. The number of hydrogen-bond acceptors (Lipinski definition) is 4. The third kappa shape index (κ3) is 4.28. The van der Waals surface area contributed by atoms with Gasteiger partial charge in [0.25, 0.3) is 5.91 Å². The summed E-state index contributed by atoms with van der Waals surface area (Å²) in [7, 11) is 1.35. The smallest absolute Gasteiger partial charge is 0.327 e. The van der Waals surface area contributed by atoms with Crippen LogP contribution in [0, 0.1) is 19.7 Å². The van der Waals surface area contributed by atoms with Gasteiger partial charge in [-0.25, -0.2) is 9.18 Å². The highest BCUT2D eigenvalue weighted by molar-refractivity contribution is 5.97. The van der Waals surface area contributed by atoms with E-state index in [1.807, 2.05) is 39.0 Å². The van der Waals surface area contributed by atoms with Crippen molar-refractivity contribution in [3.8, 4) is 0 Å². The lowest BCUT2D eigenvalue weighted by Crippen LogP contribution is -2.48. The number of nitrogens with one attached hydrogen (secondary N) is 1. The summed E-state index contributed by atoms with van der Waals surface area (Å²) < 4.78 is 18.3. The molecule has 0 aliphatic carbocycles. The average molecular weight is 410 g/mol. The minimum absolute atomic E-state index is 0.112. The molecule has 0 saturated heterocycles. The molecule has 0 spiro atoms. The molecule has 1 aliphatic heterocycles. The summed E-state index contributed by atoms with van der Waals surface area (Å²) in [5, 5.41) is 3.33. The zero-order chi connectivity index (χ0) is 22.0. The standard InChI is InChI=1S/C24H27FN2O3/c1-14-6-11-20(15(2)12-14)21(24(29)30-5)26-22-16(3)17(4)23(28)27(22)13-18-7-9-19(25)10-8-18/h6-12,21-22,26H,13H2,1-5H3. The van der Waals surface area contributed by atoms with E-state index in [0.29, 0.717) is 12.1 Å². The number of nitrogens with zero attached hydrogens (tertiary/aromatic N) is 1. The van der Waals surface area contributed by atoms with Crippen molar-refractivity contribution in [2.45, 2.75) is 46.4 Å². The van der Waals surface area contributed by atoms with Gasteiger partial charge in [0.05, 0.1) is 7.11 Å². The molecular formula is C24H27FN2O3. The molecule has 2 unspecified atom stereocenters. The molecule has 2 aromatic rings. The van der Waals surface area contributed by atoms with Crippen LogP contribution >= 0.6 is 0 Å². The van der Waals surface area contributed by atoms with Crippen LogP contribution in [0.1, 0.15) is 42.1 Å². The van der Waals surface area contributed by atoms with E-state index in [-0.39, 0.29) is 11.7 Å². The molecule has 2 aromatic carbocycles. The van der Waals surface area contributed by atoms with Crippen LogP contribution in [0.4, 0.5) is 4.39 Å². The lowest BCUT2D eigenvalue weighted by Gasteiger charge is -2.31. The first kappa shape index (κ1) is 21.7. The number of methoxy groups -OCH3 is 1. The first-order valence-corrected chi connectivity index (χ1v) is 9.86. The molecule has 0 aromatic heterocycles. The molecule has 0 fully saturated rings. The van der Waals surface area contributed by atoms with Gasteiger partial charge in [0, 0.05) is 12.1 Å². The predicted molar refractivity (Wildman–Crippen MR) is 113 cm³/mol. The maximum Gasteiger partial charge on any atom is 0.327 e. The van der Waals surface area contributed by atoms with E-state index < -0.39 is 18.2 Å². The van der Waals surface area contributed by atoms with Gasteiger partial charge in [0.2, 0.25) is 0 Å². The third-order valence-electron chi connectivity index (χ3n) is 5.66. The Balaban J connectivity index is 1.94. The molecule has 2 atom stereocenters. The lowest BCUT2D eigenvalue weighted by atomic mass is 9.98. The molecule has 6 heteroatoms. The number of amides is 1. The Bertz CT molecular complexity index is 998. The minimum Gasteiger partial charge on any atom is -0.468 e. The minimum atomic E-state index is -0.732. The van der Waals surface area contributed by atoms with Crippen molar-refractivity contribution in [3.05, 3.63) is 81.7 Å². The van der Waals surface area contributed by atoms with Crippen molar-refractivity contribution in [2.24, 2.45) is 0 Å². The van der Waals surface area contributed by atoms with Crippen LogP contribution in [0.25, 0.3) is 0 Å². The van der Waals surface area contributed by atoms with Gasteiger partial charge in [-0.05, 0) is 62.1 Å². The van der Waals surface area contributed by atoms with Gasteiger partial charge in [-0.15, -0.1) is 0 Å². The molecule has 5 nitrogen and oxygen atoms in total. The third-order valence-corrected chi connectivity index (χ3v) is 5.66. The molecular weight excluding hydrogens is 383 g/mol. The number of carbonyl (C=O) groups is 2. The molecule has 3 rings (SSSR count). The van der Waals surface area contributed by atoms with E-state index in [1.165, 1.54) is 19.2 Å². The number of esters is 1. The van der Waals surface area contributed by atoms with Crippen LogP contribution in [0.2, 0.25) is 0 Å². The van der Waals surface area contributed by atoms with Gasteiger partial charge in [-0.2, -0.15) is 0 Å². The summed E-state index contributed by atoms with van der Waals surface area (Å²) in [5.41, 5.74) is 5.16. The number of benzene rings is 2. The Morgan fingerprint density at radius 2 is 1.80 bits per heavy atom. The molecule has 1 N–H and O–H groups in total. The average Bonchev–Trinajstić information content (AvgIpc) is 2.91. The fraction of sp³-hybridized carbons (Fsp3) is 0.333. The summed E-state index contributed by atoms with van der Waals surface area (Å²) in [6.45, 7) is 7.90. The normalized spacial score (nSPS) is 17.5. The Morgan fingerprint density at radius 1 is 1.13 bits per heavy atom. The summed E-state index contributed by atoms with van der Waals surface area (Å²) in [4.78, 5) is 27.2. The van der Waals surface area contributed by atoms with Crippen LogP contribution in [0.5, 0.6) is 0 Å². The summed E-state index contributed by atoms with van der Waals surface area (Å²) in [5.74, 6) is -0.862. The number of rotatable bonds is 6. The second-order valence-electron chi connectivity index (χ2n) is 7.75. The molecule has 1 heterocycles. The number of hydrogen-bond donors (Lipinski definition) is 1. The van der Waals surface area contributed by atoms with Crippen LogP contribution < -0.4 is 5.32 Å². The Kier molecular flexibility index (Phi) is 6.37. The molecule has 0 saturated carbocycles. The number of ether oxygens (including phenoxy) is 1. The summed E-state index contributed by atoms with van der Waals surface area (Å²) in [6, 6.07) is 11.2. The first-order valence-electron chi connectivity index (χ1n) is 9.86. The van der Waals surface area contributed by atoms with Crippen molar-refractivity contribution in [1.29, 1.82) is 0 Å². The zero-order valence-corrected chi connectivity index (χ0v) is 18.0. The SMILES string of the molecule is COC(=O)C(NC1C(C)=C(C)C(=O)N1Cc1ccc(F)cc1)c1ccc(C)cc1C. The monoisotopic (exact) mass is 410 g/mol. The maximum atomic E-state index is 13.3. The van der Waals surface area contributed by atoms with Gasteiger partial charge in [-0.1, -0.05) is 35.9 Å². The van der Waals surface area contributed by atoms with Crippen LogP contribution in [0.15, 0.2) is 53.6 Å². The fourth-order valence-corrected chi connectivity index (χ4v) is 3.81.